The molecule has 0 saturated carbocycles. The SMILES string of the molecule is Cc1ccc(F)c2[nH]c(C(=O)O)cc(=O)c12. The summed E-state index contributed by atoms with van der Waals surface area (Å²) in [7, 11) is 0. The number of hydrogen-bond donors (Lipinski definition) is 2. The van der Waals surface area contributed by atoms with E-state index in [2.05, 4.69) is 4.98 Å². The summed E-state index contributed by atoms with van der Waals surface area (Å²) >= 11 is 0. The van der Waals surface area contributed by atoms with E-state index in [1.165, 1.54) is 12.1 Å². The first-order chi connectivity index (χ1) is 7.50. The van der Waals surface area contributed by atoms with Crippen LogP contribution in [0.15, 0.2) is 23.0 Å². The topological polar surface area (TPSA) is 70.2 Å². The van der Waals surface area contributed by atoms with Crippen LogP contribution in [0.1, 0.15) is 16.1 Å². The van der Waals surface area contributed by atoms with Gasteiger partial charge >= 0.3 is 5.97 Å². The molecule has 0 fully saturated rings. The van der Waals surface area contributed by atoms with Crippen LogP contribution in [0.25, 0.3) is 10.9 Å². The second-order valence-electron chi connectivity index (χ2n) is 3.47. The molecule has 4 nitrogen and oxygen atoms in total. The number of H-pyrrole nitrogens is 1. The lowest BCUT2D eigenvalue weighted by Gasteiger charge is -2.04. The number of rotatable bonds is 1. The molecular weight excluding hydrogens is 213 g/mol. The van der Waals surface area contributed by atoms with Crippen molar-refractivity contribution in [1.82, 2.24) is 4.98 Å². The summed E-state index contributed by atoms with van der Waals surface area (Å²) < 4.78 is 13.4. The molecule has 5 heteroatoms. The number of fused-ring (bicyclic) bond motifs is 1. The molecule has 1 aromatic carbocycles. The Morgan fingerprint density at radius 1 is 1.44 bits per heavy atom. The van der Waals surface area contributed by atoms with Crippen LogP contribution in [0.4, 0.5) is 4.39 Å². The molecule has 0 spiro atoms. The summed E-state index contributed by atoms with van der Waals surface area (Å²) in [6.45, 7) is 1.66. The molecule has 82 valence electrons. The number of carboxylic acids is 1. The summed E-state index contributed by atoms with van der Waals surface area (Å²) in [4.78, 5) is 24.7. The van der Waals surface area contributed by atoms with E-state index < -0.39 is 17.2 Å². The van der Waals surface area contributed by atoms with Gasteiger partial charge < -0.3 is 10.1 Å². The van der Waals surface area contributed by atoms with Crippen LogP contribution >= 0.6 is 0 Å². The van der Waals surface area contributed by atoms with Crippen molar-refractivity contribution in [2.45, 2.75) is 6.92 Å². The molecule has 1 heterocycles. The van der Waals surface area contributed by atoms with E-state index in [4.69, 9.17) is 5.11 Å². The Hall–Kier alpha value is -2.17. The number of aryl methyl sites for hydroxylation is 1. The molecule has 0 aliphatic heterocycles. The average molecular weight is 221 g/mol. The van der Waals surface area contributed by atoms with Crippen molar-refractivity contribution in [2.24, 2.45) is 0 Å². The van der Waals surface area contributed by atoms with Gasteiger partial charge in [-0.25, -0.2) is 9.18 Å². The standard InChI is InChI=1S/C11H8FNO3/c1-5-2-3-6(12)10-9(5)8(14)4-7(13-10)11(15)16/h2-4H,1H3,(H,13,14)(H,15,16). The average Bonchev–Trinajstić information content (AvgIpc) is 2.22. The van der Waals surface area contributed by atoms with Crippen LogP contribution < -0.4 is 5.43 Å². The van der Waals surface area contributed by atoms with E-state index in [0.29, 0.717) is 5.56 Å². The summed E-state index contributed by atoms with van der Waals surface area (Å²) in [5, 5.41) is 8.92. The number of nitrogens with one attached hydrogen (secondary N) is 1. The Balaban J connectivity index is 2.98. The number of hydrogen-bond acceptors (Lipinski definition) is 2. The number of pyridine rings is 1. The minimum atomic E-state index is -1.29. The Morgan fingerprint density at radius 2 is 2.12 bits per heavy atom. The van der Waals surface area contributed by atoms with Gasteiger partial charge in [-0.2, -0.15) is 0 Å². The Labute approximate surface area is 89.3 Å². The van der Waals surface area contributed by atoms with Gasteiger partial charge in [-0.15, -0.1) is 0 Å². The van der Waals surface area contributed by atoms with Crippen molar-refractivity contribution < 1.29 is 14.3 Å². The molecule has 0 bridgehead atoms. The van der Waals surface area contributed by atoms with Gasteiger partial charge in [0.2, 0.25) is 0 Å². The van der Waals surface area contributed by atoms with Crippen molar-refractivity contribution >= 4 is 16.9 Å². The summed E-state index contributed by atoms with van der Waals surface area (Å²) in [6.07, 6.45) is 0. The number of carbonyl (C=O) groups is 1. The summed E-state index contributed by atoms with van der Waals surface area (Å²) in [5.74, 6) is -1.93. The Bertz CT molecular complexity index is 645. The number of benzene rings is 1. The molecule has 0 radical (unpaired) electrons. The highest BCUT2D eigenvalue weighted by Gasteiger charge is 2.12. The molecule has 0 amide bonds. The smallest absolute Gasteiger partial charge is 0.352 e. The molecule has 16 heavy (non-hydrogen) atoms. The third-order valence-corrected chi connectivity index (χ3v) is 2.37. The third-order valence-electron chi connectivity index (χ3n) is 2.37. The van der Waals surface area contributed by atoms with Crippen LogP contribution in [-0.4, -0.2) is 16.1 Å². The summed E-state index contributed by atoms with van der Waals surface area (Å²) in [5.41, 5.74) is -0.273. The van der Waals surface area contributed by atoms with E-state index in [1.807, 2.05) is 0 Å². The van der Waals surface area contributed by atoms with Gasteiger partial charge in [0, 0.05) is 6.07 Å². The van der Waals surface area contributed by atoms with Crippen molar-refractivity contribution in [2.75, 3.05) is 0 Å². The van der Waals surface area contributed by atoms with Gasteiger partial charge in [-0.1, -0.05) is 6.07 Å². The first kappa shape index (κ1) is 10.4. The fourth-order valence-electron chi connectivity index (χ4n) is 1.61. The van der Waals surface area contributed by atoms with Crippen LogP contribution in [0.3, 0.4) is 0 Å². The maximum absolute atomic E-state index is 13.4. The van der Waals surface area contributed by atoms with Crippen molar-refractivity contribution in [1.29, 1.82) is 0 Å². The van der Waals surface area contributed by atoms with E-state index in [-0.39, 0.29) is 16.6 Å². The van der Waals surface area contributed by atoms with Gasteiger partial charge in [0.25, 0.3) is 0 Å². The Morgan fingerprint density at radius 3 is 2.75 bits per heavy atom. The predicted molar refractivity (Wildman–Crippen MR) is 56.2 cm³/mol. The lowest BCUT2D eigenvalue weighted by molar-refractivity contribution is 0.0691. The van der Waals surface area contributed by atoms with Crippen LogP contribution in [0, 0.1) is 12.7 Å². The molecule has 2 aromatic rings. The third kappa shape index (κ3) is 1.46. The van der Waals surface area contributed by atoms with Gasteiger partial charge in [0.1, 0.15) is 11.5 Å². The summed E-state index contributed by atoms with van der Waals surface area (Å²) in [6, 6.07) is 3.63. The van der Waals surface area contributed by atoms with Crippen LogP contribution in [0.2, 0.25) is 0 Å². The van der Waals surface area contributed by atoms with E-state index in [1.54, 1.807) is 6.92 Å². The highest BCUT2D eigenvalue weighted by Crippen LogP contribution is 2.16. The maximum atomic E-state index is 13.4. The quantitative estimate of drug-likeness (QED) is 0.769. The van der Waals surface area contributed by atoms with Crippen molar-refractivity contribution in [3.05, 3.63) is 45.5 Å². The number of aromatic nitrogens is 1. The maximum Gasteiger partial charge on any atom is 0.352 e. The molecular formula is C11H8FNO3. The molecule has 0 atom stereocenters. The fourth-order valence-corrected chi connectivity index (χ4v) is 1.61. The lowest BCUT2D eigenvalue weighted by atomic mass is 10.1. The zero-order valence-corrected chi connectivity index (χ0v) is 8.37. The molecule has 0 aliphatic carbocycles. The van der Waals surface area contributed by atoms with Gasteiger partial charge in [0.05, 0.1) is 10.9 Å². The molecule has 2 N–H and O–H groups in total. The van der Waals surface area contributed by atoms with Crippen molar-refractivity contribution in [3.63, 3.8) is 0 Å². The molecule has 0 aliphatic rings. The highest BCUT2D eigenvalue weighted by molar-refractivity contribution is 5.90. The van der Waals surface area contributed by atoms with E-state index in [9.17, 15) is 14.0 Å². The second kappa shape index (κ2) is 3.44. The zero-order chi connectivity index (χ0) is 11.9. The van der Waals surface area contributed by atoms with Crippen LogP contribution in [0.5, 0.6) is 0 Å². The fraction of sp³-hybridized carbons (Fsp3) is 0.0909. The largest absolute Gasteiger partial charge is 0.477 e. The number of halogens is 1. The molecule has 1 aromatic heterocycles. The lowest BCUT2D eigenvalue weighted by Crippen LogP contribution is -2.11. The first-order valence-corrected chi connectivity index (χ1v) is 4.56. The number of aromatic carboxylic acids is 1. The number of carboxylic acid groups (broad SMARTS) is 1. The number of aromatic amines is 1. The second-order valence-corrected chi connectivity index (χ2v) is 3.47. The van der Waals surface area contributed by atoms with Gasteiger partial charge in [-0.3, -0.25) is 4.79 Å². The van der Waals surface area contributed by atoms with Crippen molar-refractivity contribution in [3.8, 4) is 0 Å². The Kier molecular flexibility index (Phi) is 2.23. The highest BCUT2D eigenvalue weighted by atomic mass is 19.1. The minimum absolute atomic E-state index is 0.0649. The minimum Gasteiger partial charge on any atom is -0.477 e. The van der Waals surface area contributed by atoms with Gasteiger partial charge in [0.15, 0.2) is 5.43 Å². The zero-order valence-electron chi connectivity index (χ0n) is 8.37. The molecule has 0 saturated heterocycles. The van der Waals surface area contributed by atoms with E-state index >= 15 is 0 Å². The van der Waals surface area contributed by atoms with Gasteiger partial charge in [-0.05, 0) is 18.6 Å². The van der Waals surface area contributed by atoms with E-state index in [0.717, 1.165) is 6.07 Å². The van der Waals surface area contributed by atoms with Crippen LogP contribution in [-0.2, 0) is 0 Å². The monoisotopic (exact) mass is 221 g/mol. The molecule has 2 rings (SSSR count). The molecule has 0 unspecified atom stereocenters. The normalized spacial score (nSPS) is 10.6. The predicted octanol–water partition coefficient (Wildman–Crippen LogP) is 1.67. The first-order valence-electron chi connectivity index (χ1n) is 4.56.